The second-order valence-corrected chi connectivity index (χ2v) is 9.02. The van der Waals surface area contributed by atoms with Gasteiger partial charge in [0.05, 0.1) is 11.1 Å². The minimum atomic E-state index is -0.956. The van der Waals surface area contributed by atoms with Crippen LogP contribution in [0.1, 0.15) is 52.0 Å². The van der Waals surface area contributed by atoms with Crippen molar-refractivity contribution in [2.24, 2.45) is 5.73 Å². The third-order valence-electron chi connectivity index (χ3n) is 6.77. The minimum Gasteiger partial charge on any atom is -0.328 e. The Kier molecular flexibility index (Phi) is 5.55. The van der Waals surface area contributed by atoms with Crippen LogP contribution in [0.3, 0.4) is 0 Å². The first-order valence-electron chi connectivity index (χ1n) is 11.3. The lowest BCUT2D eigenvalue weighted by Crippen LogP contribution is -2.54. The number of carbonyl (C=O) groups is 4. The molecule has 0 spiro atoms. The van der Waals surface area contributed by atoms with Gasteiger partial charge in [-0.3, -0.25) is 34.3 Å². The first-order valence-corrected chi connectivity index (χ1v) is 11.3. The summed E-state index contributed by atoms with van der Waals surface area (Å²) in [6.07, 6.45) is 2.30. The molecule has 2 aromatic carbocycles. The van der Waals surface area contributed by atoms with E-state index in [2.05, 4.69) is 22.3 Å². The van der Waals surface area contributed by atoms with Gasteiger partial charge in [-0.1, -0.05) is 30.3 Å². The Morgan fingerprint density at radius 3 is 2.21 bits per heavy atom. The van der Waals surface area contributed by atoms with Crippen LogP contribution in [0.15, 0.2) is 42.5 Å². The third-order valence-corrected chi connectivity index (χ3v) is 6.77. The average Bonchev–Trinajstić information content (AvgIpc) is 3.06. The molecule has 1 unspecified atom stereocenters. The molecule has 170 valence electrons. The average molecular weight is 447 g/mol. The van der Waals surface area contributed by atoms with Crippen molar-refractivity contribution in [1.29, 1.82) is 0 Å². The predicted octanol–water partition coefficient (Wildman–Crippen LogP) is 1.68. The number of nitrogens with one attached hydrogen (secondary N) is 1. The zero-order valence-corrected chi connectivity index (χ0v) is 18.3. The highest BCUT2D eigenvalue weighted by Gasteiger charge is 2.44. The normalized spacial score (nSPS) is 22.0. The minimum absolute atomic E-state index is 0.103. The molecule has 2 aromatic rings. The zero-order chi connectivity index (χ0) is 23.1. The highest BCUT2D eigenvalue weighted by atomic mass is 16.2. The lowest BCUT2D eigenvalue weighted by Gasteiger charge is -2.30. The summed E-state index contributed by atoms with van der Waals surface area (Å²) in [6.45, 7) is 2.90. The van der Waals surface area contributed by atoms with E-state index in [1.807, 2.05) is 18.2 Å². The van der Waals surface area contributed by atoms with Crippen LogP contribution < -0.4 is 11.1 Å². The standard InChI is InChI=1S/C25H26N4O4/c26-18-9-11-28(12-10-18)14-15-1-3-16(4-2-15)17-5-6-19-20(13-17)25(33)29(24(19)32)21-7-8-22(30)27-23(21)31/h1-6,13,18,21H,7-12,14,26H2,(H,27,30,31). The largest absolute Gasteiger partial charge is 0.328 e. The highest BCUT2D eigenvalue weighted by Crippen LogP contribution is 2.31. The molecule has 33 heavy (non-hydrogen) atoms. The zero-order valence-electron chi connectivity index (χ0n) is 18.3. The predicted molar refractivity (Wildman–Crippen MR) is 121 cm³/mol. The summed E-state index contributed by atoms with van der Waals surface area (Å²) in [5.41, 5.74) is 9.55. The molecule has 3 aliphatic heterocycles. The van der Waals surface area contributed by atoms with Crippen molar-refractivity contribution in [3.05, 3.63) is 59.2 Å². The van der Waals surface area contributed by atoms with Crippen LogP contribution in [0.5, 0.6) is 0 Å². The van der Waals surface area contributed by atoms with Crippen molar-refractivity contribution in [3.63, 3.8) is 0 Å². The van der Waals surface area contributed by atoms with Crippen molar-refractivity contribution in [3.8, 4) is 11.1 Å². The van der Waals surface area contributed by atoms with Crippen molar-refractivity contribution in [1.82, 2.24) is 15.1 Å². The summed E-state index contributed by atoms with van der Waals surface area (Å²) >= 11 is 0. The second kappa shape index (κ2) is 8.53. The van der Waals surface area contributed by atoms with Crippen LogP contribution in [0.2, 0.25) is 0 Å². The number of carbonyl (C=O) groups excluding carboxylic acids is 4. The Morgan fingerprint density at radius 1 is 0.848 bits per heavy atom. The molecule has 0 aromatic heterocycles. The maximum Gasteiger partial charge on any atom is 0.262 e. The molecular weight excluding hydrogens is 420 g/mol. The fraction of sp³-hybridized carbons (Fsp3) is 0.360. The number of likely N-dealkylation sites (tertiary alicyclic amines) is 1. The molecule has 3 N–H and O–H groups in total. The smallest absolute Gasteiger partial charge is 0.262 e. The Morgan fingerprint density at radius 2 is 1.52 bits per heavy atom. The van der Waals surface area contributed by atoms with Gasteiger partial charge in [-0.2, -0.15) is 0 Å². The number of piperidine rings is 2. The van der Waals surface area contributed by atoms with E-state index in [9.17, 15) is 19.2 Å². The first kappa shape index (κ1) is 21.5. The summed E-state index contributed by atoms with van der Waals surface area (Å²) in [6, 6.07) is 12.7. The number of rotatable bonds is 4. The van der Waals surface area contributed by atoms with Crippen LogP contribution in [0.4, 0.5) is 0 Å². The second-order valence-electron chi connectivity index (χ2n) is 9.02. The summed E-state index contributed by atoms with van der Waals surface area (Å²) in [5.74, 6) is -1.98. The molecule has 3 heterocycles. The van der Waals surface area contributed by atoms with E-state index in [1.54, 1.807) is 12.1 Å². The molecule has 0 saturated carbocycles. The SMILES string of the molecule is NC1CCN(Cc2ccc(-c3ccc4c(c3)C(=O)N(C3CCC(=O)NC3=O)C4=O)cc2)CC1. The maximum atomic E-state index is 13.0. The number of nitrogens with two attached hydrogens (primary N) is 1. The lowest BCUT2D eigenvalue weighted by molar-refractivity contribution is -0.136. The molecule has 3 aliphatic rings. The quantitative estimate of drug-likeness (QED) is 0.691. The van der Waals surface area contributed by atoms with Gasteiger partial charge in [-0.15, -0.1) is 0 Å². The molecule has 5 rings (SSSR count). The number of fused-ring (bicyclic) bond motifs is 1. The molecule has 2 saturated heterocycles. The van der Waals surface area contributed by atoms with Crippen LogP contribution >= 0.6 is 0 Å². The van der Waals surface area contributed by atoms with Gasteiger partial charge in [0.1, 0.15) is 6.04 Å². The van der Waals surface area contributed by atoms with Crippen molar-refractivity contribution in [2.75, 3.05) is 13.1 Å². The molecule has 8 heteroatoms. The number of benzene rings is 2. The first-order chi connectivity index (χ1) is 15.9. The molecule has 0 radical (unpaired) electrons. The van der Waals surface area contributed by atoms with Crippen molar-refractivity contribution < 1.29 is 19.2 Å². The van der Waals surface area contributed by atoms with E-state index in [4.69, 9.17) is 5.73 Å². The Hall–Kier alpha value is -3.36. The summed E-state index contributed by atoms with van der Waals surface area (Å²) in [4.78, 5) is 53.0. The van der Waals surface area contributed by atoms with Crippen molar-refractivity contribution >= 4 is 23.6 Å². The van der Waals surface area contributed by atoms with E-state index < -0.39 is 23.8 Å². The van der Waals surface area contributed by atoms with Gasteiger partial charge in [0.2, 0.25) is 11.8 Å². The lowest BCUT2D eigenvalue weighted by atomic mass is 9.99. The number of imide groups is 2. The van der Waals surface area contributed by atoms with Gasteiger partial charge < -0.3 is 5.73 Å². The molecule has 2 fully saturated rings. The third kappa shape index (κ3) is 4.07. The topological polar surface area (TPSA) is 113 Å². The fourth-order valence-corrected chi connectivity index (χ4v) is 4.82. The molecular formula is C25H26N4O4. The molecule has 4 amide bonds. The molecule has 0 aliphatic carbocycles. The van der Waals surface area contributed by atoms with E-state index in [0.717, 1.165) is 48.5 Å². The molecule has 1 atom stereocenters. The van der Waals surface area contributed by atoms with Gasteiger partial charge >= 0.3 is 0 Å². The number of nitrogens with zero attached hydrogens (tertiary/aromatic N) is 2. The maximum absolute atomic E-state index is 13.0. The number of amides is 4. The fourth-order valence-electron chi connectivity index (χ4n) is 4.82. The van der Waals surface area contributed by atoms with Gasteiger partial charge in [-0.25, -0.2) is 0 Å². The van der Waals surface area contributed by atoms with E-state index >= 15 is 0 Å². The van der Waals surface area contributed by atoms with Gasteiger partial charge in [0, 0.05) is 19.0 Å². The van der Waals surface area contributed by atoms with E-state index in [0.29, 0.717) is 6.04 Å². The number of hydrogen-bond donors (Lipinski definition) is 2. The van der Waals surface area contributed by atoms with Crippen LogP contribution in [0.25, 0.3) is 11.1 Å². The van der Waals surface area contributed by atoms with Crippen LogP contribution in [-0.4, -0.2) is 58.6 Å². The van der Waals surface area contributed by atoms with Gasteiger partial charge in [0.25, 0.3) is 11.8 Å². The number of hydrogen-bond acceptors (Lipinski definition) is 6. The summed E-state index contributed by atoms with van der Waals surface area (Å²) < 4.78 is 0. The van der Waals surface area contributed by atoms with Crippen LogP contribution in [0, 0.1) is 0 Å². The van der Waals surface area contributed by atoms with Gasteiger partial charge in [-0.05, 0) is 61.2 Å². The monoisotopic (exact) mass is 446 g/mol. The molecule has 0 bridgehead atoms. The van der Waals surface area contributed by atoms with Gasteiger partial charge in [0.15, 0.2) is 0 Å². The van der Waals surface area contributed by atoms with Crippen LogP contribution in [-0.2, 0) is 16.1 Å². The Bertz CT molecular complexity index is 1140. The van der Waals surface area contributed by atoms with E-state index in [1.165, 1.54) is 5.56 Å². The highest BCUT2D eigenvalue weighted by molar-refractivity contribution is 6.23. The van der Waals surface area contributed by atoms with Crippen molar-refractivity contribution in [2.45, 2.75) is 44.3 Å². The Labute approximate surface area is 191 Å². The summed E-state index contributed by atoms with van der Waals surface area (Å²) in [7, 11) is 0. The molecule has 8 nitrogen and oxygen atoms in total. The summed E-state index contributed by atoms with van der Waals surface area (Å²) in [5, 5.41) is 2.21. The van der Waals surface area contributed by atoms with E-state index in [-0.39, 0.29) is 29.9 Å². The Balaban J connectivity index is 1.33.